The van der Waals surface area contributed by atoms with Crippen molar-refractivity contribution >= 4 is 37.6 Å². The maximum absolute atomic E-state index is 12.4. The third-order valence-corrected chi connectivity index (χ3v) is 4.56. The first-order valence-corrected chi connectivity index (χ1v) is 7.71. The van der Waals surface area contributed by atoms with Gasteiger partial charge in [-0.25, -0.2) is 0 Å². The molecule has 0 aliphatic heterocycles. The Hall–Kier alpha value is -1.13. The van der Waals surface area contributed by atoms with Crippen molar-refractivity contribution in [2.45, 2.75) is 13.3 Å². The Bertz CT molecular complexity index is 651. The molecule has 0 fully saturated rings. The highest BCUT2D eigenvalue weighted by molar-refractivity contribution is 9.11. The highest BCUT2D eigenvalue weighted by atomic mass is 79.9. The molecule has 2 aromatic carbocycles. The van der Waals surface area contributed by atoms with Gasteiger partial charge in [0.05, 0.1) is 7.11 Å². The Morgan fingerprint density at radius 2 is 1.90 bits per heavy atom. The average Bonchev–Trinajstić information content (AvgIpc) is 2.43. The van der Waals surface area contributed by atoms with Crippen LogP contribution in [0.3, 0.4) is 0 Å². The van der Waals surface area contributed by atoms with Gasteiger partial charge in [-0.15, -0.1) is 0 Å². The highest BCUT2D eigenvalue weighted by Crippen LogP contribution is 2.27. The number of hydrogen-bond acceptors (Lipinski definition) is 2. The minimum atomic E-state index is 0.0748. The van der Waals surface area contributed by atoms with Crippen molar-refractivity contribution in [1.82, 2.24) is 0 Å². The molecule has 0 radical (unpaired) electrons. The molecule has 0 unspecified atom stereocenters. The maximum atomic E-state index is 12.4. The van der Waals surface area contributed by atoms with E-state index in [2.05, 4.69) is 31.9 Å². The smallest absolute Gasteiger partial charge is 0.168 e. The van der Waals surface area contributed by atoms with Gasteiger partial charge in [-0.1, -0.05) is 44.0 Å². The summed E-state index contributed by atoms with van der Waals surface area (Å²) in [6.45, 7) is 1.99. The lowest BCUT2D eigenvalue weighted by Gasteiger charge is -2.08. The predicted octanol–water partition coefficient (Wildman–Crippen LogP) is 4.95. The van der Waals surface area contributed by atoms with Crippen molar-refractivity contribution in [3.8, 4) is 5.75 Å². The molecule has 0 atom stereocenters. The molecular formula is C16H14Br2O2. The summed E-state index contributed by atoms with van der Waals surface area (Å²) in [5.41, 5.74) is 2.72. The zero-order valence-electron chi connectivity index (χ0n) is 11.2. The molecule has 0 saturated carbocycles. The first-order valence-electron chi connectivity index (χ1n) is 6.13. The predicted molar refractivity (Wildman–Crippen MR) is 87.6 cm³/mol. The number of ketones is 1. The van der Waals surface area contributed by atoms with E-state index in [9.17, 15) is 4.79 Å². The van der Waals surface area contributed by atoms with E-state index in [0.717, 1.165) is 25.8 Å². The molecule has 2 nitrogen and oxygen atoms in total. The molecule has 0 aliphatic carbocycles. The average molecular weight is 398 g/mol. The SMILES string of the molecule is COc1cccc(CC(=O)c2cc(Br)c(C)cc2Br)c1. The van der Waals surface area contributed by atoms with Gasteiger partial charge in [0.25, 0.3) is 0 Å². The number of Topliss-reactive ketones (excluding diaryl/α,β-unsaturated/α-hetero) is 1. The topological polar surface area (TPSA) is 26.3 Å². The lowest BCUT2D eigenvalue weighted by atomic mass is 10.0. The van der Waals surface area contributed by atoms with E-state index < -0.39 is 0 Å². The molecule has 0 aromatic heterocycles. The number of halogens is 2. The number of ether oxygens (including phenoxy) is 1. The molecule has 0 amide bonds. The van der Waals surface area contributed by atoms with E-state index in [1.165, 1.54) is 0 Å². The summed E-state index contributed by atoms with van der Waals surface area (Å²) in [6.07, 6.45) is 0.352. The van der Waals surface area contributed by atoms with Crippen LogP contribution >= 0.6 is 31.9 Å². The van der Waals surface area contributed by atoms with Gasteiger partial charge in [-0.05, 0) is 42.3 Å². The van der Waals surface area contributed by atoms with Gasteiger partial charge in [-0.2, -0.15) is 0 Å². The van der Waals surface area contributed by atoms with Crippen LogP contribution in [0, 0.1) is 6.92 Å². The van der Waals surface area contributed by atoms with Crippen molar-refractivity contribution in [3.05, 3.63) is 62.0 Å². The second-order valence-corrected chi connectivity index (χ2v) is 6.24. The largest absolute Gasteiger partial charge is 0.497 e. The van der Waals surface area contributed by atoms with Crippen LogP contribution in [0.4, 0.5) is 0 Å². The molecule has 2 aromatic rings. The molecular weight excluding hydrogens is 384 g/mol. The van der Waals surface area contributed by atoms with Crippen LogP contribution in [0.1, 0.15) is 21.5 Å². The lowest BCUT2D eigenvalue weighted by Crippen LogP contribution is -2.05. The quantitative estimate of drug-likeness (QED) is 0.682. The summed E-state index contributed by atoms with van der Waals surface area (Å²) in [6, 6.07) is 11.4. The van der Waals surface area contributed by atoms with Gasteiger partial charge in [0.15, 0.2) is 5.78 Å². The minimum absolute atomic E-state index is 0.0748. The van der Waals surface area contributed by atoms with Crippen LogP contribution in [0.5, 0.6) is 5.75 Å². The van der Waals surface area contributed by atoms with Crippen molar-refractivity contribution in [2.24, 2.45) is 0 Å². The first kappa shape index (κ1) is 15.3. The van der Waals surface area contributed by atoms with E-state index >= 15 is 0 Å². The van der Waals surface area contributed by atoms with Gasteiger partial charge >= 0.3 is 0 Å². The Morgan fingerprint density at radius 1 is 1.15 bits per heavy atom. The number of carbonyl (C=O) groups excluding carboxylic acids is 1. The number of hydrogen-bond donors (Lipinski definition) is 0. The van der Waals surface area contributed by atoms with Crippen molar-refractivity contribution in [2.75, 3.05) is 7.11 Å². The van der Waals surface area contributed by atoms with Crippen LogP contribution < -0.4 is 4.74 Å². The number of carbonyl (C=O) groups is 1. The van der Waals surface area contributed by atoms with E-state index in [4.69, 9.17) is 4.74 Å². The highest BCUT2D eigenvalue weighted by Gasteiger charge is 2.13. The summed E-state index contributed by atoms with van der Waals surface area (Å²) in [7, 11) is 1.62. The number of rotatable bonds is 4. The maximum Gasteiger partial charge on any atom is 0.168 e. The summed E-state index contributed by atoms with van der Waals surface area (Å²) in [4.78, 5) is 12.4. The molecule has 2 rings (SSSR count). The number of methoxy groups -OCH3 is 1. The Morgan fingerprint density at radius 3 is 2.60 bits per heavy atom. The molecule has 0 aliphatic rings. The van der Waals surface area contributed by atoms with Crippen LogP contribution in [0.25, 0.3) is 0 Å². The van der Waals surface area contributed by atoms with Crippen LogP contribution in [-0.2, 0) is 6.42 Å². The van der Waals surface area contributed by atoms with Gasteiger partial charge in [0.1, 0.15) is 5.75 Å². The van der Waals surface area contributed by atoms with E-state index in [0.29, 0.717) is 12.0 Å². The number of benzene rings is 2. The zero-order chi connectivity index (χ0) is 14.7. The van der Waals surface area contributed by atoms with Gasteiger partial charge in [-0.3, -0.25) is 4.79 Å². The first-order chi connectivity index (χ1) is 9.51. The second kappa shape index (κ2) is 6.55. The normalized spacial score (nSPS) is 10.4. The molecule has 0 bridgehead atoms. The van der Waals surface area contributed by atoms with Crippen molar-refractivity contribution < 1.29 is 9.53 Å². The van der Waals surface area contributed by atoms with E-state index in [1.54, 1.807) is 7.11 Å². The standard InChI is InChI=1S/C16H14Br2O2/c1-10-6-15(18)13(9-14(10)17)16(19)8-11-4-3-5-12(7-11)20-2/h3-7,9H,8H2,1-2H3. The van der Waals surface area contributed by atoms with Gasteiger partial charge in [0.2, 0.25) is 0 Å². The summed E-state index contributed by atoms with van der Waals surface area (Å²) in [5.74, 6) is 0.838. The third-order valence-electron chi connectivity index (χ3n) is 3.05. The van der Waals surface area contributed by atoms with Crippen LogP contribution in [0.15, 0.2) is 45.3 Å². The molecule has 20 heavy (non-hydrogen) atoms. The summed E-state index contributed by atoms with van der Waals surface area (Å²) >= 11 is 6.92. The third kappa shape index (κ3) is 3.49. The van der Waals surface area contributed by atoms with Crippen LogP contribution in [0.2, 0.25) is 0 Å². The molecule has 0 heterocycles. The lowest BCUT2D eigenvalue weighted by molar-refractivity contribution is 0.0992. The molecule has 0 N–H and O–H groups in total. The van der Waals surface area contributed by atoms with Gasteiger partial charge in [0, 0.05) is 20.9 Å². The molecule has 0 spiro atoms. The Kier molecular flexibility index (Phi) is 5.00. The van der Waals surface area contributed by atoms with Crippen molar-refractivity contribution in [3.63, 3.8) is 0 Å². The van der Waals surface area contributed by atoms with E-state index in [1.807, 2.05) is 43.3 Å². The summed E-state index contributed by atoms with van der Waals surface area (Å²) in [5, 5.41) is 0. The monoisotopic (exact) mass is 396 g/mol. The van der Waals surface area contributed by atoms with Crippen LogP contribution in [-0.4, -0.2) is 12.9 Å². The van der Waals surface area contributed by atoms with Gasteiger partial charge < -0.3 is 4.74 Å². The van der Waals surface area contributed by atoms with E-state index in [-0.39, 0.29) is 5.78 Å². The molecule has 4 heteroatoms. The fourth-order valence-electron chi connectivity index (χ4n) is 1.92. The van der Waals surface area contributed by atoms with Crippen molar-refractivity contribution in [1.29, 1.82) is 0 Å². The fraction of sp³-hybridized carbons (Fsp3) is 0.188. The fourth-order valence-corrected chi connectivity index (χ4v) is 2.95. The Labute approximate surface area is 135 Å². The Balaban J connectivity index is 2.26. The molecule has 104 valence electrons. The second-order valence-electron chi connectivity index (χ2n) is 4.53. The molecule has 0 saturated heterocycles. The minimum Gasteiger partial charge on any atom is -0.497 e. The zero-order valence-corrected chi connectivity index (χ0v) is 14.4. The summed E-state index contributed by atoms with van der Waals surface area (Å²) < 4.78 is 6.94. The number of aryl methyl sites for hydroxylation is 1.